The Morgan fingerprint density at radius 2 is 2.08 bits per heavy atom. The summed E-state index contributed by atoms with van der Waals surface area (Å²) >= 11 is 5.67. The second-order valence-electron chi connectivity index (χ2n) is 6.15. The van der Waals surface area contributed by atoms with Gasteiger partial charge in [0.1, 0.15) is 11.7 Å². The van der Waals surface area contributed by atoms with Gasteiger partial charge in [-0.3, -0.25) is 9.48 Å². The van der Waals surface area contributed by atoms with Crippen LogP contribution in [0, 0.1) is 17.5 Å². The molecule has 1 aromatic carbocycles. The summed E-state index contributed by atoms with van der Waals surface area (Å²) in [6, 6.07) is 1.29. The number of aryl methyl sites for hydroxylation is 2. The predicted molar refractivity (Wildman–Crippen MR) is 86.6 cm³/mol. The fourth-order valence-corrected chi connectivity index (χ4v) is 3.41. The number of benzene rings is 1. The van der Waals surface area contributed by atoms with Crippen LogP contribution in [0.4, 0.5) is 13.2 Å². The Labute approximate surface area is 148 Å². The lowest BCUT2D eigenvalue weighted by molar-refractivity contribution is -0.131. The highest BCUT2D eigenvalue weighted by molar-refractivity contribution is 6.27. The number of halogens is 4. The molecule has 1 unspecified atom stereocenters. The number of hydrogen-bond acceptors (Lipinski definition) is 2. The molecule has 1 aliphatic carbocycles. The lowest BCUT2D eigenvalue weighted by Gasteiger charge is -2.34. The third-order valence-electron chi connectivity index (χ3n) is 4.51. The van der Waals surface area contributed by atoms with Crippen LogP contribution in [0.1, 0.15) is 23.2 Å². The summed E-state index contributed by atoms with van der Waals surface area (Å²) < 4.78 is 43.1. The van der Waals surface area contributed by atoms with Crippen LogP contribution in [0.3, 0.4) is 0 Å². The molecule has 134 valence electrons. The first-order valence-corrected chi connectivity index (χ1v) is 8.43. The Hall–Kier alpha value is -2.02. The van der Waals surface area contributed by atoms with Crippen molar-refractivity contribution in [2.75, 3.05) is 5.88 Å². The molecule has 0 aliphatic heterocycles. The Morgan fingerprint density at radius 1 is 1.36 bits per heavy atom. The molecular formula is C17H17ClF3N3O. The van der Waals surface area contributed by atoms with Crippen molar-refractivity contribution in [3.63, 3.8) is 0 Å². The molecule has 3 rings (SSSR count). The molecular weight excluding hydrogens is 355 g/mol. The molecule has 1 heterocycles. The summed E-state index contributed by atoms with van der Waals surface area (Å²) in [7, 11) is 1.81. The molecule has 2 aromatic rings. The van der Waals surface area contributed by atoms with Crippen molar-refractivity contribution in [1.29, 1.82) is 0 Å². The van der Waals surface area contributed by atoms with E-state index in [0.717, 1.165) is 23.4 Å². The molecule has 0 saturated heterocycles. The largest absolute Gasteiger partial charge is 0.334 e. The Kier molecular flexibility index (Phi) is 5.03. The average Bonchev–Trinajstić information content (AvgIpc) is 2.97. The maximum absolute atomic E-state index is 14.0. The van der Waals surface area contributed by atoms with Crippen LogP contribution in [0.5, 0.6) is 0 Å². The van der Waals surface area contributed by atoms with Crippen molar-refractivity contribution in [3.8, 4) is 0 Å². The zero-order valence-corrected chi connectivity index (χ0v) is 14.4. The van der Waals surface area contributed by atoms with Gasteiger partial charge in [-0.2, -0.15) is 5.10 Å². The van der Waals surface area contributed by atoms with Gasteiger partial charge < -0.3 is 4.90 Å². The highest BCUT2D eigenvalue weighted by Crippen LogP contribution is 2.26. The molecule has 0 bridgehead atoms. The minimum absolute atomic E-state index is 0.296. The van der Waals surface area contributed by atoms with Gasteiger partial charge in [0, 0.05) is 31.3 Å². The maximum Gasteiger partial charge on any atom is 0.238 e. The highest BCUT2D eigenvalue weighted by atomic mass is 35.5. The van der Waals surface area contributed by atoms with Crippen LogP contribution in [0.2, 0.25) is 0 Å². The van der Waals surface area contributed by atoms with E-state index in [1.54, 1.807) is 4.68 Å². The van der Waals surface area contributed by atoms with Crippen LogP contribution in [-0.4, -0.2) is 32.5 Å². The van der Waals surface area contributed by atoms with Crippen LogP contribution in [0.15, 0.2) is 18.3 Å². The minimum Gasteiger partial charge on any atom is -0.334 e. The minimum atomic E-state index is -1.28. The van der Waals surface area contributed by atoms with Gasteiger partial charge in [-0.05, 0) is 30.5 Å². The van der Waals surface area contributed by atoms with Crippen molar-refractivity contribution in [1.82, 2.24) is 14.7 Å². The van der Waals surface area contributed by atoms with Gasteiger partial charge in [0.05, 0.1) is 12.2 Å². The summed E-state index contributed by atoms with van der Waals surface area (Å²) in [5, 5.41) is 4.36. The Bertz CT molecular complexity index is 809. The lowest BCUT2D eigenvalue weighted by atomic mass is 9.92. The van der Waals surface area contributed by atoms with E-state index in [1.165, 1.54) is 4.90 Å². The number of rotatable bonds is 4. The van der Waals surface area contributed by atoms with Crippen LogP contribution >= 0.6 is 11.6 Å². The number of carbonyl (C=O) groups excluding carboxylic acids is 1. The second-order valence-corrected chi connectivity index (χ2v) is 6.42. The fourth-order valence-electron chi connectivity index (χ4n) is 3.26. The van der Waals surface area contributed by atoms with Crippen LogP contribution < -0.4 is 0 Å². The summed E-state index contributed by atoms with van der Waals surface area (Å²) in [4.78, 5) is 13.6. The maximum atomic E-state index is 14.0. The first-order valence-electron chi connectivity index (χ1n) is 7.90. The molecule has 25 heavy (non-hydrogen) atoms. The van der Waals surface area contributed by atoms with E-state index in [4.69, 9.17) is 11.6 Å². The van der Waals surface area contributed by atoms with Gasteiger partial charge in [0.15, 0.2) is 11.6 Å². The van der Waals surface area contributed by atoms with Crippen molar-refractivity contribution in [2.24, 2.45) is 7.05 Å². The van der Waals surface area contributed by atoms with Gasteiger partial charge in [-0.25, -0.2) is 13.2 Å². The first-order chi connectivity index (χ1) is 11.9. The molecule has 4 nitrogen and oxygen atoms in total. The molecule has 1 amide bonds. The van der Waals surface area contributed by atoms with Crippen molar-refractivity contribution in [2.45, 2.75) is 31.8 Å². The standard InChI is InChI=1S/C17H17ClF3N3O/c1-23-8-10-2-3-11(6-15(10)22-23)24(16(25)7-18)9-12-13(19)4-5-14(20)17(12)21/h4-5,8,11H,2-3,6-7,9H2,1H3. The second kappa shape index (κ2) is 7.07. The number of fused-ring (bicyclic) bond motifs is 1. The van der Waals surface area contributed by atoms with Gasteiger partial charge in [-0.1, -0.05) is 0 Å². The zero-order chi connectivity index (χ0) is 18.1. The molecule has 0 saturated carbocycles. The number of amides is 1. The van der Waals surface area contributed by atoms with Gasteiger partial charge in [0.2, 0.25) is 5.91 Å². The smallest absolute Gasteiger partial charge is 0.238 e. The molecule has 1 aliphatic rings. The van der Waals surface area contributed by atoms with Crippen LogP contribution in [-0.2, 0) is 31.2 Å². The third-order valence-corrected chi connectivity index (χ3v) is 4.74. The molecule has 0 radical (unpaired) electrons. The van der Waals surface area contributed by atoms with Crippen LogP contribution in [0.25, 0.3) is 0 Å². The number of carbonyl (C=O) groups is 1. The SMILES string of the molecule is Cn1cc2c(n1)CC(N(Cc1c(F)ccc(F)c1F)C(=O)CCl)CC2. The number of aromatic nitrogens is 2. The summed E-state index contributed by atoms with van der Waals surface area (Å²) in [6.45, 7) is -0.367. The predicted octanol–water partition coefficient (Wildman–Crippen LogP) is 2.96. The molecule has 8 heteroatoms. The molecule has 0 spiro atoms. The Balaban J connectivity index is 1.89. The average molecular weight is 372 g/mol. The van der Waals surface area contributed by atoms with E-state index >= 15 is 0 Å². The number of hydrogen-bond donors (Lipinski definition) is 0. The summed E-state index contributed by atoms with van der Waals surface area (Å²) in [6.07, 6.45) is 3.72. The number of nitrogens with zero attached hydrogens (tertiary/aromatic N) is 3. The van der Waals surface area contributed by atoms with E-state index in [2.05, 4.69) is 5.10 Å². The van der Waals surface area contributed by atoms with E-state index < -0.39 is 28.9 Å². The van der Waals surface area contributed by atoms with Crippen molar-refractivity contribution < 1.29 is 18.0 Å². The monoisotopic (exact) mass is 371 g/mol. The fraction of sp³-hybridized carbons (Fsp3) is 0.412. The first kappa shape index (κ1) is 17.8. The Morgan fingerprint density at radius 3 is 2.80 bits per heavy atom. The van der Waals surface area contributed by atoms with Gasteiger partial charge in [0.25, 0.3) is 0 Å². The van der Waals surface area contributed by atoms with Gasteiger partial charge in [-0.15, -0.1) is 11.6 Å². The summed E-state index contributed by atoms with van der Waals surface area (Å²) in [5.41, 5.74) is 1.48. The van der Waals surface area contributed by atoms with E-state index in [-0.39, 0.29) is 18.5 Å². The quantitative estimate of drug-likeness (QED) is 0.612. The van der Waals surface area contributed by atoms with E-state index in [0.29, 0.717) is 19.3 Å². The zero-order valence-electron chi connectivity index (χ0n) is 13.6. The normalized spacial score (nSPS) is 16.6. The lowest BCUT2D eigenvalue weighted by Crippen LogP contribution is -2.44. The van der Waals surface area contributed by atoms with Gasteiger partial charge >= 0.3 is 0 Å². The van der Waals surface area contributed by atoms with E-state index in [9.17, 15) is 18.0 Å². The van der Waals surface area contributed by atoms with Crippen molar-refractivity contribution in [3.05, 3.63) is 52.6 Å². The molecule has 1 aromatic heterocycles. The van der Waals surface area contributed by atoms with E-state index in [1.807, 2.05) is 13.2 Å². The van der Waals surface area contributed by atoms with Crippen molar-refractivity contribution >= 4 is 17.5 Å². The molecule has 1 atom stereocenters. The topological polar surface area (TPSA) is 38.1 Å². The number of alkyl halides is 1. The summed E-state index contributed by atoms with van der Waals surface area (Å²) in [5.74, 6) is -4.08. The third kappa shape index (κ3) is 3.51. The molecule has 0 fully saturated rings. The highest BCUT2D eigenvalue weighted by Gasteiger charge is 2.30. The molecule has 0 N–H and O–H groups in total.